The molecule has 13 heteroatoms. The Morgan fingerprint density at radius 3 is 1.37 bits per heavy atom. The SMILES string of the molecule is CCCCCCCCCCCCCC[C@@H](O[Si](C)(C)C(C)(C)C)[C@H](O[Si](C)(C)C(C)(C)C)[C@H](CO[C@@H]1OC(COCc2ccccc2)[C@H](OCc2ccccc2)[C@H](OCc2ccccc2)C1OCc1ccccc1)NC(=O)OCC1c2ccccc2-c2ccccc21. The van der Waals surface area contributed by atoms with Crippen LogP contribution in [-0.2, 0) is 68.4 Å². The number of carbonyl (C=O) groups is 1. The molecule has 1 aliphatic heterocycles. The molecule has 2 aliphatic rings. The number of nitrogens with one attached hydrogen (secondary N) is 1. The van der Waals surface area contributed by atoms with Crippen molar-refractivity contribution in [2.45, 2.75) is 250 Å². The van der Waals surface area contributed by atoms with Gasteiger partial charge in [0.15, 0.2) is 22.9 Å². The lowest BCUT2D eigenvalue weighted by Gasteiger charge is -2.48. The fourth-order valence-electron chi connectivity index (χ4n) is 12.1. The van der Waals surface area contributed by atoms with Gasteiger partial charge in [0.2, 0.25) is 0 Å². The van der Waals surface area contributed by atoms with E-state index >= 15 is 4.79 Å². The summed E-state index contributed by atoms with van der Waals surface area (Å²) in [5.74, 6) is -0.147. The van der Waals surface area contributed by atoms with E-state index in [-0.39, 0.29) is 49.0 Å². The number of rotatable bonds is 38. The highest BCUT2D eigenvalue weighted by Crippen LogP contribution is 2.46. The van der Waals surface area contributed by atoms with Crippen molar-refractivity contribution in [2.24, 2.45) is 0 Å². The van der Waals surface area contributed by atoms with Crippen LogP contribution in [0.15, 0.2) is 170 Å². The predicted molar refractivity (Wildman–Crippen MR) is 378 cm³/mol. The van der Waals surface area contributed by atoms with Crippen LogP contribution < -0.4 is 5.32 Å². The van der Waals surface area contributed by atoms with Crippen molar-refractivity contribution in [2.75, 3.05) is 19.8 Å². The Kier molecular flexibility index (Phi) is 28.4. The highest BCUT2D eigenvalue weighted by Gasteiger charge is 2.51. The zero-order valence-electron chi connectivity index (χ0n) is 57.6. The molecule has 1 N–H and O–H groups in total. The summed E-state index contributed by atoms with van der Waals surface area (Å²) in [5, 5.41) is 3.14. The van der Waals surface area contributed by atoms with E-state index in [4.69, 9.17) is 42.0 Å². The minimum absolute atomic E-state index is 0.0479. The van der Waals surface area contributed by atoms with Crippen LogP contribution in [0.25, 0.3) is 11.1 Å². The molecule has 8 atom stereocenters. The molecule has 0 aromatic heterocycles. The van der Waals surface area contributed by atoms with Gasteiger partial charge in [0, 0.05) is 5.92 Å². The van der Waals surface area contributed by atoms with Gasteiger partial charge in [0.1, 0.15) is 31.0 Å². The second-order valence-electron chi connectivity index (χ2n) is 28.7. The molecule has 92 heavy (non-hydrogen) atoms. The number of ether oxygens (including phenoxy) is 7. The first kappa shape index (κ1) is 72.5. The maximum Gasteiger partial charge on any atom is 0.407 e. The first-order chi connectivity index (χ1) is 44.3. The number of amides is 1. The quantitative estimate of drug-likeness (QED) is 0.0297. The molecule has 6 aromatic rings. The van der Waals surface area contributed by atoms with Crippen LogP contribution in [0, 0.1) is 0 Å². The van der Waals surface area contributed by atoms with E-state index in [2.05, 4.69) is 177 Å². The van der Waals surface area contributed by atoms with Crippen LogP contribution in [0.2, 0.25) is 36.3 Å². The van der Waals surface area contributed by atoms with Crippen LogP contribution >= 0.6 is 0 Å². The molecule has 11 nitrogen and oxygen atoms in total. The molecule has 1 fully saturated rings. The third-order valence-electron chi connectivity index (χ3n) is 19.5. The number of fused-ring (bicyclic) bond motifs is 3. The average Bonchev–Trinajstić information content (AvgIpc) is 1.50. The van der Waals surface area contributed by atoms with E-state index < -0.39 is 71.7 Å². The summed E-state index contributed by atoms with van der Waals surface area (Å²) in [6, 6.07) is 56.7. The minimum atomic E-state index is -2.68. The van der Waals surface area contributed by atoms with Gasteiger partial charge in [-0.25, -0.2) is 4.79 Å². The Bertz CT molecular complexity index is 3000. The molecule has 0 saturated carbocycles. The summed E-state index contributed by atoms with van der Waals surface area (Å²) in [6.07, 6.45) is 9.99. The topological polar surface area (TPSA) is 112 Å². The molecule has 1 amide bonds. The van der Waals surface area contributed by atoms with Crippen molar-refractivity contribution < 1.29 is 46.8 Å². The van der Waals surface area contributed by atoms with Crippen molar-refractivity contribution in [3.05, 3.63) is 203 Å². The lowest BCUT2D eigenvalue weighted by molar-refractivity contribution is -0.329. The largest absolute Gasteiger partial charge is 0.449 e. The maximum atomic E-state index is 15.2. The zero-order chi connectivity index (χ0) is 65.4. The Labute approximate surface area is 555 Å². The standard InChI is InChI=1S/C79H111NO10Si2/c1-12-13-14-15-16-17-18-19-20-21-22-35-52-70(89-91(8,9)78(2,3)4)72(90-92(10,11)79(5,6)7)69(80-77(81)87-57-68-66-50-38-36-48-64(66)65-49-37-39-51-67(65)68)58-86-76-75(85-56-63-46-33-26-34-47-63)74(84-55-62-44-31-25-32-45-62)73(83-54-61-42-29-24-30-43-61)71(88-76)59-82-53-60-40-27-23-28-41-60/h23-34,36-51,68-76H,12-22,35,52-59H2,1-11H3,(H,80,81)/t69-,70+,71?,72+,73-,74-,75?,76+/m0/s1. The Balaban J connectivity index is 1.17. The third kappa shape index (κ3) is 21.6. The summed E-state index contributed by atoms with van der Waals surface area (Å²) in [7, 11) is -5.20. The van der Waals surface area contributed by atoms with Crippen LogP contribution in [0.1, 0.15) is 171 Å². The van der Waals surface area contributed by atoms with Crippen molar-refractivity contribution in [1.82, 2.24) is 5.32 Å². The van der Waals surface area contributed by atoms with Gasteiger partial charge in [-0.15, -0.1) is 0 Å². The highest BCUT2D eigenvalue weighted by atomic mass is 28.4. The summed E-state index contributed by atoms with van der Waals surface area (Å²) in [4.78, 5) is 15.2. The van der Waals surface area contributed by atoms with E-state index in [0.717, 1.165) is 70.2 Å². The van der Waals surface area contributed by atoms with Crippen molar-refractivity contribution in [3.8, 4) is 11.1 Å². The molecule has 2 unspecified atom stereocenters. The van der Waals surface area contributed by atoms with Crippen LogP contribution in [0.3, 0.4) is 0 Å². The smallest absolute Gasteiger partial charge is 0.407 e. The van der Waals surface area contributed by atoms with Gasteiger partial charge < -0.3 is 47.3 Å². The number of unbranched alkanes of at least 4 members (excludes halogenated alkanes) is 11. The second-order valence-corrected chi connectivity index (χ2v) is 38.2. The van der Waals surface area contributed by atoms with E-state index in [1.54, 1.807) is 0 Å². The number of alkyl carbamates (subject to hydrolysis) is 1. The number of carbonyl (C=O) groups excluding carboxylic acids is 1. The third-order valence-corrected chi connectivity index (χ3v) is 28.5. The first-order valence-electron chi connectivity index (χ1n) is 34.6. The normalized spacial score (nSPS) is 18.8. The van der Waals surface area contributed by atoms with Gasteiger partial charge in [-0.3, -0.25) is 0 Å². The lowest BCUT2D eigenvalue weighted by Crippen LogP contribution is -2.63. The first-order valence-corrected chi connectivity index (χ1v) is 40.5. The molecular formula is C79H111NO10Si2. The van der Waals surface area contributed by atoms with Crippen LogP contribution in [0.4, 0.5) is 4.79 Å². The minimum Gasteiger partial charge on any atom is -0.449 e. The second kappa shape index (κ2) is 36.0. The van der Waals surface area contributed by atoms with E-state index in [1.165, 1.54) is 57.8 Å². The van der Waals surface area contributed by atoms with Crippen molar-refractivity contribution in [1.29, 1.82) is 0 Å². The summed E-state index contributed by atoms with van der Waals surface area (Å²) >= 11 is 0. The van der Waals surface area contributed by atoms with E-state index in [9.17, 15) is 0 Å². The van der Waals surface area contributed by atoms with Gasteiger partial charge >= 0.3 is 6.09 Å². The Hall–Kier alpha value is -5.30. The van der Waals surface area contributed by atoms with Crippen molar-refractivity contribution in [3.63, 3.8) is 0 Å². The number of hydrogen-bond donors (Lipinski definition) is 1. The molecule has 0 bridgehead atoms. The van der Waals surface area contributed by atoms with Gasteiger partial charge in [0.05, 0.1) is 57.9 Å². The van der Waals surface area contributed by atoms with Crippen LogP contribution in [0.5, 0.6) is 0 Å². The predicted octanol–water partition coefficient (Wildman–Crippen LogP) is 19.5. The monoisotopic (exact) mass is 1290 g/mol. The Morgan fingerprint density at radius 2 is 0.891 bits per heavy atom. The van der Waals surface area contributed by atoms with Gasteiger partial charge in [-0.2, -0.15) is 0 Å². The molecule has 0 radical (unpaired) electrons. The van der Waals surface area contributed by atoms with Gasteiger partial charge in [-0.1, -0.05) is 295 Å². The maximum absolute atomic E-state index is 15.2. The summed E-state index contributed by atoms with van der Waals surface area (Å²) < 4.78 is 64.9. The number of benzene rings is 6. The van der Waals surface area contributed by atoms with Gasteiger partial charge in [0.25, 0.3) is 0 Å². The summed E-state index contributed by atoms with van der Waals surface area (Å²) in [6.45, 7) is 26.6. The molecular weight excluding hydrogens is 1180 g/mol. The van der Waals surface area contributed by atoms with Crippen LogP contribution in [-0.4, -0.2) is 91.5 Å². The lowest BCUT2D eigenvalue weighted by atomic mass is 9.97. The van der Waals surface area contributed by atoms with E-state index in [1.807, 2.05) is 72.8 Å². The number of hydrogen-bond acceptors (Lipinski definition) is 10. The molecule has 500 valence electrons. The molecule has 1 saturated heterocycles. The molecule has 1 aliphatic carbocycles. The van der Waals surface area contributed by atoms with E-state index in [0.29, 0.717) is 13.2 Å². The average molecular weight is 1290 g/mol. The fraction of sp³-hybridized carbons (Fsp3) is 0.532. The van der Waals surface area contributed by atoms with Gasteiger partial charge in [-0.05, 0) is 87.2 Å². The zero-order valence-corrected chi connectivity index (χ0v) is 59.6. The molecule has 0 spiro atoms. The highest BCUT2D eigenvalue weighted by molar-refractivity contribution is 6.74. The Morgan fingerprint density at radius 1 is 0.478 bits per heavy atom. The fourth-order valence-corrected chi connectivity index (χ4v) is 14.8. The molecule has 1 heterocycles. The molecule has 6 aromatic carbocycles. The van der Waals surface area contributed by atoms with Crippen molar-refractivity contribution >= 4 is 22.7 Å². The summed E-state index contributed by atoms with van der Waals surface area (Å²) in [5.41, 5.74) is 8.61. The molecule has 8 rings (SSSR count).